The highest BCUT2D eigenvalue weighted by Gasteiger charge is 2.28. The Kier molecular flexibility index (Phi) is 4.92. The molecule has 0 atom stereocenters. The molecular formula is C18H24ClN3O2+2. The van der Waals surface area contributed by atoms with Gasteiger partial charge in [-0.25, -0.2) is 9.78 Å². The first-order valence-electron chi connectivity index (χ1n) is 8.39. The Hall–Kier alpha value is -1.85. The Morgan fingerprint density at radius 3 is 2.75 bits per heavy atom. The number of benzene rings is 1. The maximum Gasteiger partial charge on any atom is 0.346 e. The molecule has 2 aromatic rings. The lowest BCUT2D eigenvalue weighted by Crippen LogP contribution is -3.12. The number of piperazine rings is 1. The van der Waals surface area contributed by atoms with Crippen molar-refractivity contribution >= 4 is 34.2 Å². The van der Waals surface area contributed by atoms with Crippen molar-refractivity contribution in [3.8, 4) is 0 Å². The summed E-state index contributed by atoms with van der Waals surface area (Å²) < 4.78 is 5.27. The van der Waals surface area contributed by atoms with Crippen LogP contribution in [0.1, 0.15) is 22.8 Å². The first-order valence-corrected chi connectivity index (χ1v) is 8.77. The molecule has 1 saturated heterocycles. The van der Waals surface area contributed by atoms with Crippen LogP contribution in [-0.2, 0) is 4.74 Å². The number of aryl methyl sites for hydroxylation is 1. The van der Waals surface area contributed by atoms with Crippen LogP contribution in [0.4, 0.5) is 5.69 Å². The molecule has 1 fully saturated rings. The summed E-state index contributed by atoms with van der Waals surface area (Å²) in [4.78, 5) is 19.5. The number of hydrogen-bond donors (Lipinski definition) is 1. The number of H-pyrrole nitrogens is 1. The minimum Gasteiger partial charge on any atom is -0.462 e. The van der Waals surface area contributed by atoms with Gasteiger partial charge in [0.25, 0.3) is 0 Å². The SMILES string of the molecule is CCOC(=O)c1c[nH+]c2c(C)cc(Cl)cc2c1N1CC[NH+](C)CC1. The molecule has 0 spiro atoms. The summed E-state index contributed by atoms with van der Waals surface area (Å²) in [5.41, 5.74) is 3.58. The van der Waals surface area contributed by atoms with Gasteiger partial charge in [0.2, 0.25) is 5.52 Å². The molecule has 128 valence electrons. The van der Waals surface area contributed by atoms with Crippen molar-refractivity contribution in [3.05, 3.63) is 34.5 Å². The van der Waals surface area contributed by atoms with Gasteiger partial charge in [0.05, 0.1) is 50.9 Å². The van der Waals surface area contributed by atoms with Gasteiger partial charge >= 0.3 is 5.97 Å². The van der Waals surface area contributed by atoms with E-state index in [4.69, 9.17) is 16.3 Å². The lowest BCUT2D eigenvalue weighted by atomic mass is 10.0. The molecule has 3 rings (SSSR count). The Balaban J connectivity index is 2.19. The number of carbonyl (C=O) groups excluding carboxylic acids is 1. The number of nitrogens with zero attached hydrogens (tertiary/aromatic N) is 1. The van der Waals surface area contributed by atoms with Gasteiger partial charge in [-0.3, -0.25) is 0 Å². The molecular weight excluding hydrogens is 326 g/mol. The third kappa shape index (κ3) is 3.19. The first kappa shape index (κ1) is 17.0. The number of aromatic amines is 1. The number of pyridine rings is 1. The molecule has 0 unspecified atom stereocenters. The van der Waals surface area contributed by atoms with Gasteiger partial charge in [-0.2, -0.15) is 0 Å². The summed E-state index contributed by atoms with van der Waals surface area (Å²) in [7, 11) is 2.20. The van der Waals surface area contributed by atoms with E-state index in [1.165, 1.54) is 4.90 Å². The summed E-state index contributed by atoms with van der Waals surface area (Å²) in [5, 5.41) is 1.65. The number of anilines is 1. The predicted octanol–water partition coefficient (Wildman–Crippen LogP) is 1.13. The highest BCUT2D eigenvalue weighted by molar-refractivity contribution is 6.31. The third-order valence-corrected chi connectivity index (χ3v) is 4.82. The van der Waals surface area contributed by atoms with Crippen LogP contribution in [-0.4, -0.2) is 45.8 Å². The Labute approximate surface area is 147 Å². The van der Waals surface area contributed by atoms with Crippen LogP contribution in [0.25, 0.3) is 10.9 Å². The molecule has 1 aliphatic rings. The molecule has 1 aliphatic heterocycles. The average Bonchev–Trinajstić information content (AvgIpc) is 2.55. The van der Waals surface area contributed by atoms with E-state index in [1.807, 2.05) is 26.0 Å². The highest BCUT2D eigenvalue weighted by Crippen LogP contribution is 2.32. The number of carbonyl (C=O) groups is 1. The second kappa shape index (κ2) is 6.95. The van der Waals surface area contributed by atoms with Gasteiger partial charge in [-0.05, 0) is 26.0 Å². The Morgan fingerprint density at radius 1 is 1.38 bits per heavy atom. The van der Waals surface area contributed by atoms with Gasteiger partial charge in [0.1, 0.15) is 5.56 Å². The molecule has 2 N–H and O–H groups in total. The number of esters is 1. The molecule has 2 heterocycles. The largest absolute Gasteiger partial charge is 0.462 e. The minimum atomic E-state index is -0.297. The second-order valence-corrected chi connectivity index (χ2v) is 6.80. The van der Waals surface area contributed by atoms with E-state index >= 15 is 0 Å². The van der Waals surface area contributed by atoms with Gasteiger partial charge in [-0.15, -0.1) is 0 Å². The molecule has 1 aromatic heterocycles. The number of rotatable bonds is 3. The lowest BCUT2D eigenvalue weighted by Gasteiger charge is -2.32. The summed E-state index contributed by atoms with van der Waals surface area (Å²) >= 11 is 6.30. The van der Waals surface area contributed by atoms with Gasteiger partial charge < -0.3 is 14.5 Å². The molecule has 24 heavy (non-hydrogen) atoms. The van der Waals surface area contributed by atoms with Crippen molar-refractivity contribution in [1.29, 1.82) is 0 Å². The summed E-state index contributed by atoms with van der Waals surface area (Å²) in [6.07, 6.45) is 1.77. The first-order chi connectivity index (χ1) is 11.5. The van der Waals surface area contributed by atoms with E-state index in [-0.39, 0.29) is 5.97 Å². The minimum absolute atomic E-state index is 0.297. The smallest absolute Gasteiger partial charge is 0.346 e. The number of quaternary nitrogens is 1. The van der Waals surface area contributed by atoms with Crippen molar-refractivity contribution in [2.24, 2.45) is 0 Å². The van der Waals surface area contributed by atoms with Crippen LogP contribution in [0.15, 0.2) is 18.3 Å². The fraction of sp³-hybridized carbons (Fsp3) is 0.444. The molecule has 0 saturated carbocycles. The standard InChI is InChI=1S/C18H22ClN3O2/c1-4-24-18(23)15-11-20-16-12(2)9-13(19)10-14(16)17(15)22-7-5-21(3)6-8-22/h9-11H,4-8H2,1-3H3/p+2. The van der Waals surface area contributed by atoms with Crippen LogP contribution in [0.5, 0.6) is 0 Å². The second-order valence-electron chi connectivity index (χ2n) is 6.36. The van der Waals surface area contributed by atoms with E-state index in [0.717, 1.165) is 48.3 Å². The summed E-state index contributed by atoms with van der Waals surface area (Å²) in [5.74, 6) is -0.297. The van der Waals surface area contributed by atoms with E-state index in [1.54, 1.807) is 6.20 Å². The molecule has 6 heteroatoms. The number of nitrogens with one attached hydrogen (secondary N) is 2. The quantitative estimate of drug-likeness (QED) is 0.845. The maximum absolute atomic E-state index is 12.5. The Bertz CT molecular complexity index is 770. The highest BCUT2D eigenvalue weighted by atomic mass is 35.5. The molecule has 0 amide bonds. The molecule has 0 bridgehead atoms. The zero-order chi connectivity index (χ0) is 17.3. The molecule has 0 radical (unpaired) electrons. The van der Waals surface area contributed by atoms with Crippen LogP contribution in [0.2, 0.25) is 5.02 Å². The van der Waals surface area contributed by atoms with Gasteiger partial charge in [0.15, 0.2) is 6.20 Å². The zero-order valence-electron chi connectivity index (χ0n) is 14.4. The number of fused-ring (bicyclic) bond motifs is 1. The monoisotopic (exact) mass is 349 g/mol. The van der Waals surface area contributed by atoms with E-state index in [9.17, 15) is 4.79 Å². The number of hydrogen-bond acceptors (Lipinski definition) is 3. The van der Waals surface area contributed by atoms with Crippen molar-refractivity contribution in [2.75, 3.05) is 44.7 Å². The molecule has 0 aliphatic carbocycles. The van der Waals surface area contributed by atoms with E-state index < -0.39 is 0 Å². The average molecular weight is 350 g/mol. The van der Waals surface area contributed by atoms with Crippen molar-refractivity contribution in [1.82, 2.24) is 0 Å². The lowest BCUT2D eigenvalue weighted by molar-refractivity contribution is -0.880. The maximum atomic E-state index is 12.5. The van der Waals surface area contributed by atoms with E-state index in [0.29, 0.717) is 17.2 Å². The summed E-state index contributed by atoms with van der Waals surface area (Å²) in [6.45, 7) is 8.10. The van der Waals surface area contributed by atoms with E-state index in [2.05, 4.69) is 16.9 Å². The van der Waals surface area contributed by atoms with Crippen molar-refractivity contribution in [2.45, 2.75) is 13.8 Å². The normalized spacial score (nSPS) is 15.8. The number of likely N-dealkylation sites (N-methyl/N-ethyl adjacent to an activating group) is 1. The fourth-order valence-electron chi connectivity index (χ4n) is 3.30. The van der Waals surface area contributed by atoms with Crippen LogP contribution < -0.4 is 14.8 Å². The van der Waals surface area contributed by atoms with Crippen molar-refractivity contribution < 1.29 is 19.4 Å². The summed E-state index contributed by atoms with van der Waals surface area (Å²) in [6, 6.07) is 3.87. The fourth-order valence-corrected chi connectivity index (χ4v) is 3.57. The molecule has 5 nitrogen and oxygen atoms in total. The van der Waals surface area contributed by atoms with Gasteiger partial charge in [0, 0.05) is 10.6 Å². The zero-order valence-corrected chi connectivity index (χ0v) is 15.2. The number of ether oxygens (including phenoxy) is 1. The van der Waals surface area contributed by atoms with Crippen LogP contribution in [0.3, 0.4) is 0 Å². The van der Waals surface area contributed by atoms with Crippen LogP contribution in [0, 0.1) is 6.92 Å². The number of halogens is 1. The van der Waals surface area contributed by atoms with Crippen molar-refractivity contribution in [3.63, 3.8) is 0 Å². The third-order valence-electron chi connectivity index (χ3n) is 4.60. The molecule has 1 aromatic carbocycles. The Morgan fingerprint density at radius 2 is 2.08 bits per heavy atom. The predicted molar refractivity (Wildman–Crippen MR) is 95.0 cm³/mol. The van der Waals surface area contributed by atoms with Crippen LogP contribution >= 0.6 is 11.6 Å². The number of aromatic nitrogens is 1. The van der Waals surface area contributed by atoms with Gasteiger partial charge in [-0.1, -0.05) is 11.6 Å². The topological polar surface area (TPSA) is 48.1 Å².